The van der Waals surface area contributed by atoms with Gasteiger partial charge < -0.3 is 15.6 Å². The highest BCUT2D eigenvalue weighted by Gasteiger charge is 2.14. The van der Waals surface area contributed by atoms with Crippen molar-refractivity contribution < 1.29 is 4.79 Å². The van der Waals surface area contributed by atoms with Crippen molar-refractivity contribution in [1.29, 1.82) is 5.26 Å². The summed E-state index contributed by atoms with van der Waals surface area (Å²) in [7, 11) is 0. The molecule has 2 heterocycles. The molecule has 1 amide bonds. The highest BCUT2D eigenvalue weighted by atomic mass is 16.1. The van der Waals surface area contributed by atoms with Gasteiger partial charge in [0.2, 0.25) is 5.91 Å². The van der Waals surface area contributed by atoms with Crippen molar-refractivity contribution >= 4 is 28.2 Å². The molecule has 6 heteroatoms. The number of hydrogen-bond acceptors (Lipinski definition) is 4. The Morgan fingerprint density at radius 2 is 1.94 bits per heavy atom. The number of amides is 1. The quantitative estimate of drug-likeness (QED) is 0.409. The lowest BCUT2D eigenvalue weighted by molar-refractivity contribution is -0.120. The Morgan fingerprint density at radius 3 is 2.68 bits per heavy atom. The number of fused-ring (bicyclic) bond motifs is 1. The molecule has 0 fully saturated rings. The van der Waals surface area contributed by atoms with Crippen molar-refractivity contribution in [1.82, 2.24) is 15.3 Å². The maximum atomic E-state index is 11.5. The second-order valence-electron chi connectivity index (χ2n) is 7.35. The van der Waals surface area contributed by atoms with Crippen LogP contribution in [0, 0.1) is 18.3 Å². The number of carbonyl (C=O) groups excluding carboxylic acids is 1. The third kappa shape index (κ3) is 4.12. The van der Waals surface area contributed by atoms with Crippen molar-refractivity contribution in [3.63, 3.8) is 0 Å². The van der Waals surface area contributed by atoms with E-state index in [1.165, 1.54) is 0 Å². The Morgan fingerprint density at radius 1 is 1.13 bits per heavy atom. The minimum absolute atomic E-state index is 0.0243. The Hall–Kier alpha value is -4.11. The standard InChI is InChI=1S/C25H23N5O/c1-3-24(31)29-13-17-4-6-18(7-5-17)21-15-27-14-19(12-26)25(21)30-22-8-9-23-20(16(22)2)10-11-28-23/h4-11,14-15,28H,3,13H2,1-2H3,(H,27,30)(H,29,31). The Bertz CT molecular complexity index is 1280. The zero-order valence-corrected chi connectivity index (χ0v) is 17.5. The molecule has 0 atom stereocenters. The molecule has 0 aliphatic carbocycles. The molecule has 3 N–H and O–H groups in total. The van der Waals surface area contributed by atoms with E-state index in [0.29, 0.717) is 18.5 Å². The summed E-state index contributed by atoms with van der Waals surface area (Å²) in [4.78, 5) is 19.0. The lowest BCUT2D eigenvalue weighted by atomic mass is 10.0. The second-order valence-corrected chi connectivity index (χ2v) is 7.35. The van der Waals surface area contributed by atoms with E-state index in [4.69, 9.17) is 0 Å². The molecular weight excluding hydrogens is 386 g/mol. The van der Waals surface area contributed by atoms with Crippen molar-refractivity contribution in [2.45, 2.75) is 26.8 Å². The van der Waals surface area contributed by atoms with E-state index in [0.717, 1.165) is 44.5 Å². The molecule has 2 aromatic carbocycles. The van der Waals surface area contributed by atoms with E-state index in [9.17, 15) is 10.1 Å². The zero-order chi connectivity index (χ0) is 21.8. The van der Waals surface area contributed by atoms with Crippen LogP contribution in [-0.4, -0.2) is 15.9 Å². The first kappa shape index (κ1) is 20.2. The molecule has 0 aliphatic rings. The molecule has 4 aromatic rings. The van der Waals surface area contributed by atoms with Crippen LogP contribution in [0.3, 0.4) is 0 Å². The van der Waals surface area contributed by atoms with Crippen molar-refractivity contribution in [3.05, 3.63) is 77.7 Å². The van der Waals surface area contributed by atoms with E-state index < -0.39 is 0 Å². The average molecular weight is 409 g/mol. The molecule has 4 rings (SSSR count). The number of anilines is 2. The highest BCUT2D eigenvalue weighted by molar-refractivity contribution is 5.91. The third-order valence-electron chi connectivity index (χ3n) is 5.41. The van der Waals surface area contributed by atoms with Crippen LogP contribution in [0.5, 0.6) is 0 Å². The van der Waals surface area contributed by atoms with E-state index in [1.807, 2.05) is 55.6 Å². The number of hydrogen-bond donors (Lipinski definition) is 3. The summed E-state index contributed by atoms with van der Waals surface area (Å²) in [6.07, 6.45) is 5.73. The maximum Gasteiger partial charge on any atom is 0.219 e. The highest BCUT2D eigenvalue weighted by Crippen LogP contribution is 2.35. The van der Waals surface area contributed by atoms with Gasteiger partial charge in [0, 0.05) is 53.7 Å². The van der Waals surface area contributed by atoms with Crippen LogP contribution in [0.2, 0.25) is 0 Å². The number of H-pyrrole nitrogens is 1. The van der Waals surface area contributed by atoms with Gasteiger partial charge in [0.15, 0.2) is 0 Å². The Labute approximate surface area is 180 Å². The predicted octanol–water partition coefficient (Wildman–Crippen LogP) is 5.18. The normalized spacial score (nSPS) is 10.6. The van der Waals surface area contributed by atoms with Crippen LogP contribution in [0.25, 0.3) is 22.0 Å². The molecule has 0 spiro atoms. The largest absolute Gasteiger partial charge is 0.361 e. The van der Waals surface area contributed by atoms with Gasteiger partial charge in [-0.25, -0.2) is 0 Å². The summed E-state index contributed by atoms with van der Waals surface area (Å²) in [5.41, 5.74) is 7.12. The number of nitrogens with zero attached hydrogens (tertiary/aromatic N) is 2. The van der Waals surface area contributed by atoms with E-state index in [1.54, 1.807) is 12.4 Å². The molecule has 31 heavy (non-hydrogen) atoms. The number of aromatic nitrogens is 2. The summed E-state index contributed by atoms with van der Waals surface area (Å²) in [5, 5.41) is 17.2. The van der Waals surface area contributed by atoms with Crippen molar-refractivity contribution in [2.75, 3.05) is 5.32 Å². The van der Waals surface area contributed by atoms with E-state index in [-0.39, 0.29) is 5.91 Å². The molecule has 0 aliphatic heterocycles. The van der Waals surface area contributed by atoms with Gasteiger partial charge in [0.1, 0.15) is 6.07 Å². The Balaban J connectivity index is 1.68. The van der Waals surface area contributed by atoms with Crippen LogP contribution < -0.4 is 10.6 Å². The van der Waals surface area contributed by atoms with Crippen LogP contribution >= 0.6 is 0 Å². The first-order valence-electron chi connectivity index (χ1n) is 10.2. The van der Waals surface area contributed by atoms with Gasteiger partial charge in [-0.3, -0.25) is 9.78 Å². The molecule has 6 nitrogen and oxygen atoms in total. The van der Waals surface area contributed by atoms with Crippen LogP contribution in [-0.2, 0) is 11.3 Å². The van der Waals surface area contributed by atoms with Gasteiger partial charge in [-0.1, -0.05) is 31.2 Å². The molecular formula is C25H23N5O. The fourth-order valence-corrected chi connectivity index (χ4v) is 3.58. The molecule has 154 valence electrons. The molecule has 2 aromatic heterocycles. The minimum atomic E-state index is 0.0243. The van der Waals surface area contributed by atoms with Gasteiger partial charge in [-0.05, 0) is 41.8 Å². The molecule has 0 radical (unpaired) electrons. The number of aryl methyl sites for hydroxylation is 1. The van der Waals surface area contributed by atoms with Gasteiger partial charge in [0.05, 0.1) is 11.3 Å². The fraction of sp³-hybridized carbons (Fsp3) is 0.160. The third-order valence-corrected chi connectivity index (χ3v) is 5.41. The molecule has 0 saturated heterocycles. The van der Waals surface area contributed by atoms with Crippen molar-refractivity contribution in [3.8, 4) is 17.2 Å². The summed E-state index contributed by atoms with van der Waals surface area (Å²) in [5.74, 6) is 0.0243. The fourth-order valence-electron chi connectivity index (χ4n) is 3.58. The van der Waals surface area contributed by atoms with Crippen LogP contribution in [0.4, 0.5) is 11.4 Å². The first-order chi connectivity index (χ1) is 15.1. The average Bonchev–Trinajstić information content (AvgIpc) is 3.29. The summed E-state index contributed by atoms with van der Waals surface area (Å²) in [6, 6.07) is 16.3. The number of nitrogens with one attached hydrogen (secondary N) is 3. The SMILES string of the molecule is CCC(=O)NCc1ccc(-c2cncc(C#N)c2Nc2ccc3[nH]ccc3c2C)cc1. The smallest absolute Gasteiger partial charge is 0.219 e. The van der Waals surface area contributed by atoms with E-state index in [2.05, 4.69) is 33.6 Å². The number of aromatic amines is 1. The number of benzene rings is 2. The first-order valence-corrected chi connectivity index (χ1v) is 10.2. The number of nitriles is 1. The van der Waals surface area contributed by atoms with Crippen LogP contribution in [0.15, 0.2) is 61.1 Å². The predicted molar refractivity (Wildman–Crippen MR) is 123 cm³/mol. The lowest BCUT2D eigenvalue weighted by Gasteiger charge is -2.16. The van der Waals surface area contributed by atoms with Gasteiger partial charge in [-0.15, -0.1) is 0 Å². The number of carbonyl (C=O) groups is 1. The summed E-state index contributed by atoms with van der Waals surface area (Å²) < 4.78 is 0. The number of pyridine rings is 1. The minimum Gasteiger partial charge on any atom is -0.361 e. The molecule has 0 bridgehead atoms. The van der Waals surface area contributed by atoms with E-state index >= 15 is 0 Å². The molecule has 0 saturated carbocycles. The number of rotatable bonds is 6. The topological polar surface area (TPSA) is 93.6 Å². The zero-order valence-electron chi connectivity index (χ0n) is 17.5. The molecule has 0 unspecified atom stereocenters. The van der Waals surface area contributed by atoms with Crippen LogP contribution in [0.1, 0.15) is 30.0 Å². The second kappa shape index (κ2) is 8.72. The van der Waals surface area contributed by atoms with Crippen molar-refractivity contribution in [2.24, 2.45) is 0 Å². The summed E-state index contributed by atoms with van der Waals surface area (Å²) in [6.45, 7) is 4.38. The Kier molecular flexibility index (Phi) is 5.67. The van der Waals surface area contributed by atoms with Gasteiger partial charge in [-0.2, -0.15) is 5.26 Å². The monoisotopic (exact) mass is 409 g/mol. The lowest BCUT2D eigenvalue weighted by Crippen LogP contribution is -2.21. The summed E-state index contributed by atoms with van der Waals surface area (Å²) >= 11 is 0. The maximum absolute atomic E-state index is 11.5. The van der Waals surface area contributed by atoms with Gasteiger partial charge in [0.25, 0.3) is 0 Å². The van der Waals surface area contributed by atoms with Gasteiger partial charge >= 0.3 is 0 Å².